The van der Waals surface area contributed by atoms with Gasteiger partial charge in [0.25, 0.3) is 0 Å². The summed E-state index contributed by atoms with van der Waals surface area (Å²) >= 11 is 0. The zero-order valence-electron chi connectivity index (χ0n) is 10.9. The fourth-order valence-electron chi connectivity index (χ4n) is 1.76. The smallest absolute Gasteiger partial charge is 0.307 e. The predicted octanol–water partition coefficient (Wildman–Crippen LogP) is 1.55. The van der Waals surface area contributed by atoms with Crippen LogP contribution < -0.4 is 4.74 Å². The molecule has 5 nitrogen and oxygen atoms in total. The van der Waals surface area contributed by atoms with Crippen molar-refractivity contribution < 1.29 is 19.7 Å². The van der Waals surface area contributed by atoms with Crippen molar-refractivity contribution in [1.82, 2.24) is 4.90 Å². The summed E-state index contributed by atoms with van der Waals surface area (Å²) < 4.78 is 4.96. The van der Waals surface area contributed by atoms with Crippen molar-refractivity contribution in [3.8, 4) is 11.5 Å². The van der Waals surface area contributed by atoms with Crippen LogP contribution in [-0.2, 0) is 11.3 Å². The van der Waals surface area contributed by atoms with Crippen molar-refractivity contribution in [1.29, 1.82) is 0 Å². The molecule has 5 heteroatoms. The van der Waals surface area contributed by atoms with E-state index >= 15 is 0 Å². The number of aromatic hydroxyl groups is 1. The molecule has 0 heterocycles. The van der Waals surface area contributed by atoms with Gasteiger partial charge in [0, 0.05) is 13.1 Å². The highest BCUT2D eigenvalue weighted by Crippen LogP contribution is 2.26. The van der Waals surface area contributed by atoms with Gasteiger partial charge in [-0.25, -0.2) is 0 Å². The molecule has 1 unspecified atom stereocenters. The van der Waals surface area contributed by atoms with Gasteiger partial charge in [-0.2, -0.15) is 0 Å². The third-order valence-electron chi connectivity index (χ3n) is 2.70. The fraction of sp³-hybridized carbons (Fsp3) is 0.462. The second kappa shape index (κ2) is 6.26. The molecule has 0 spiro atoms. The molecule has 0 radical (unpaired) electrons. The molecular weight excluding hydrogens is 234 g/mol. The van der Waals surface area contributed by atoms with Gasteiger partial charge in [0.1, 0.15) is 0 Å². The van der Waals surface area contributed by atoms with E-state index in [9.17, 15) is 9.90 Å². The molecule has 1 aromatic carbocycles. The number of hydrogen-bond acceptors (Lipinski definition) is 4. The molecule has 2 N–H and O–H groups in total. The average Bonchev–Trinajstić information content (AvgIpc) is 2.28. The first kappa shape index (κ1) is 14.3. The molecule has 0 saturated carbocycles. The van der Waals surface area contributed by atoms with Gasteiger partial charge in [-0.15, -0.1) is 0 Å². The topological polar surface area (TPSA) is 70.0 Å². The number of aliphatic carboxylic acids is 1. The van der Waals surface area contributed by atoms with Gasteiger partial charge >= 0.3 is 5.97 Å². The van der Waals surface area contributed by atoms with E-state index in [4.69, 9.17) is 9.84 Å². The van der Waals surface area contributed by atoms with Crippen LogP contribution in [0.25, 0.3) is 0 Å². The molecule has 0 saturated heterocycles. The normalized spacial score (nSPS) is 12.4. The number of rotatable bonds is 6. The van der Waals surface area contributed by atoms with Crippen molar-refractivity contribution in [2.24, 2.45) is 5.92 Å². The van der Waals surface area contributed by atoms with E-state index in [1.165, 1.54) is 7.11 Å². The van der Waals surface area contributed by atoms with Gasteiger partial charge in [0.05, 0.1) is 13.0 Å². The van der Waals surface area contributed by atoms with Crippen LogP contribution in [0.4, 0.5) is 0 Å². The summed E-state index contributed by atoms with van der Waals surface area (Å²) in [5.74, 6) is -0.698. The highest BCUT2D eigenvalue weighted by molar-refractivity contribution is 5.69. The van der Waals surface area contributed by atoms with E-state index in [1.807, 2.05) is 18.0 Å². The Balaban J connectivity index is 2.62. The van der Waals surface area contributed by atoms with Crippen molar-refractivity contribution >= 4 is 5.97 Å². The molecule has 0 aliphatic rings. The lowest BCUT2D eigenvalue weighted by Gasteiger charge is -2.19. The number of carbonyl (C=O) groups is 1. The third-order valence-corrected chi connectivity index (χ3v) is 2.70. The molecule has 0 amide bonds. The Labute approximate surface area is 107 Å². The molecular formula is C13H19NO4. The molecule has 0 fully saturated rings. The minimum absolute atomic E-state index is 0.0923. The number of phenolic OH excluding ortho intramolecular Hbond substituents is 1. The molecule has 1 aromatic rings. The predicted molar refractivity (Wildman–Crippen MR) is 67.8 cm³/mol. The highest BCUT2D eigenvalue weighted by Gasteiger charge is 2.14. The Bertz CT molecular complexity index is 419. The molecule has 0 aliphatic carbocycles. The van der Waals surface area contributed by atoms with E-state index < -0.39 is 11.9 Å². The molecule has 1 rings (SSSR count). The summed E-state index contributed by atoms with van der Waals surface area (Å²) in [6.07, 6.45) is 0. The van der Waals surface area contributed by atoms with Crippen molar-refractivity contribution in [2.45, 2.75) is 13.5 Å². The van der Waals surface area contributed by atoms with Crippen LogP contribution in [0.2, 0.25) is 0 Å². The van der Waals surface area contributed by atoms with E-state index in [1.54, 1.807) is 19.1 Å². The van der Waals surface area contributed by atoms with Crippen LogP contribution in [0.3, 0.4) is 0 Å². The second-order valence-electron chi connectivity index (χ2n) is 4.44. The molecule has 0 bridgehead atoms. The number of nitrogens with zero attached hydrogens (tertiary/aromatic N) is 1. The van der Waals surface area contributed by atoms with Crippen molar-refractivity contribution in [3.05, 3.63) is 23.8 Å². The van der Waals surface area contributed by atoms with Gasteiger partial charge < -0.3 is 19.8 Å². The summed E-state index contributed by atoms with van der Waals surface area (Å²) in [6.45, 7) is 2.71. The minimum Gasteiger partial charge on any atom is -0.504 e. The number of phenols is 1. The number of carboxylic acids is 1. The first-order chi connectivity index (χ1) is 8.43. The second-order valence-corrected chi connectivity index (χ2v) is 4.44. The first-order valence-corrected chi connectivity index (χ1v) is 5.71. The molecule has 18 heavy (non-hydrogen) atoms. The number of hydrogen-bond donors (Lipinski definition) is 2. The standard InChI is InChI=1S/C13H19NO4/c1-9(13(16)17)7-14(2)8-10-4-5-12(18-3)11(15)6-10/h4-6,9,15H,7-8H2,1-3H3,(H,16,17). The third kappa shape index (κ3) is 3.92. The maximum atomic E-state index is 10.7. The summed E-state index contributed by atoms with van der Waals surface area (Å²) in [6, 6.07) is 5.17. The fourth-order valence-corrected chi connectivity index (χ4v) is 1.76. The van der Waals surface area contributed by atoms with Crippen LogP contribution >= 0.6 is 0 Å². The number of methoxy groups -OCH3 is 1. The summed E-state index contributed by atoms with van der Waals surface area (Å²) in [5.41, 5.74) is 0.911. The molecule has 0 aromatic heterocycles. The van der Waals surface area contributed by atoms with E-state index in [0.29, 0.717) is 18.8 Å². The minimum atomic E-state index is -0.806. The van der Waals surface area contributed by atoms with E-state index in [2.05, 4.69) is 0 Å². The SMILES string of the molecule is COc1ccc(CN(C)CC(C)C(=O)O)cc1O. The highest BCUT2D eigenvalue weighted by atomic mass is 16.5. The van der Waals surface area contributed by atoms with Crippen LogP contribution in [0.1, 0.15) is 12.5 Å². The number of carboxylic acid groups (broad SMARTS) is 1. The summed E-state index contributed by atoms with van der Waals surface area (Å²) in [4.78, 5) is 12.6. The number of benzene rings is 1. The lowest BCUT2D eigenvalue weighted by Crippen LogP contribution is -2.28. The quantitative estimate of drug-likeness (QED) is 0.805. The van der Waals surface area contributed by atoms with Crippen LogP contribution in [0.15, 0.2) is 18.2 Å². The van der Waals surface area contributed by atoms with E-state index in [-0.39, 0.29) is 5.75 Å². The lowest BCUT2D eigenvalue weighted by molar-refractivity contribution is -0.141. The zero-order valence-corrected chi connectivity index (χ0v) is 10.9. The monoisotopic (exact) mass is 253 g/mol. The summed E-state index contributed by atoms with van der Waals surface area (Å²) in [7, 11) is 3.34. The maximum absolute atomic E-state index is 10.7. The summed E-state index contributed by atoms with van der Waals surface area (Å²) in [5, 5.41) is 18.5. The van der Waals surface area contributed by atoms with Gasteiger partial charge in [0.15, 0.2) is 11.5 Å². The Morgan fingerprint density at radius 2 is 2.17 bits per heavy atom. The van der Waals surface area contributed by atoms with Gasteiger partial charge in [-0.3, -0.25) is 4.79 Å². The Morgan fingerprint density at radius 3 is 2.67 bits per heavy atom. The lowest BCUT2D eigenvalue weighted by atomic mass is 10.1. The zero-order chi connectivity index (χ0) is 13.7. The van der Waals surface area contributed by atoms with Crippen LogP contribution in [0.5, 0.6) is 11.5 Å². The van der Waals surface area contributed by atoms with Crippen molar-refractivity contribution in [3.63, 3.8) is 0 Å². The van der Waals surface area contributed by atoms with Crippen LogP contribution in [-0.4, -0.2) is 41.8 Å². The van der Waals surface area contributed by atoms with Crippen LogP contribution in [0, 0.1) is 5.92 Å². The Morgan fingerprint density at radius 1 is 1.50 bits per heavy atom. The largest absolute Gasteiger partial charge is 0.504 e. The first-order valence-electron chi connectivity index (χ1n) is 5.71. The van der Waals surface area contributed by atoms with Crippen molar-refractivity contribution in [2.75, 3.05) is 20.7 Å². The Kier molecular flexibility index (Phi) is 4.97. The van der Waals surface area contributed by atoms with Gasteiger partial charge in [0.2, 0.25) is 0 Å². The van der Waals surface area contributed by atoms with Gasteiger partial charge in [-0.05, 0) is 24.7 Å². The van der Waals surface area contributed by atoms with Gasteiger partial charge in [-0.1, -0.05) is 13.0 Å². The number of ether oxygens (including phenoxy) is 1. The molecule has 0 aliphatic heterocycles. The maximum Gasteiger partial charge on any atom is 0.307 e. The van der Waals surface area contributed by atoms with E-state index in [0.717, 1.165) is 5.56 Å². The average molecular weight is 253 g/mol. The molecule has 100 valence electrons. The Hall–Kier alpha value is -1.75. The molecule has 1 atom stereocenters.